The minimum Gasteiger partial charge on any atom is -0.488 e. The van der Waals surface area contributed by atoms with Crippen LogP contribution in [-0.2, 0) is 16.2 Å². The van der Waals surface area contributed by atoms with Gasteiger partial charge in [0.1, 0.15) is 18.8 Å². The maximum absolute atomic E-state index is 12.1. The molecule has 2 N–H and O–H groups in total. The molecule has 0 aliphatic heterocycles. The van der Waals surface area contributed by atoms with Crippen LogP contribution < -0.4 is 15.5 Å². The number of carbonyl (C=O) groups is 2. The number of hydrogen-bond donors (Lipinski definition) is 2. The molecular formula is C25H22N4O3. The Labute approximate surface area is 186 Å². The van der Waals surface area contributed by atoms with Gasteiger partial charge in [0.2, 0.25) is 11.8 Å². The van der Waals surface area contributed by atoms with E-state index >= 15 is 0 Å². The third kappa shape index (κ3) is 6.28. The zero-order valence-electron chi connectivity index (χ0n) is 17.5. The minimum atomic E-state index is -0.534. The molecule has 0 bridgehead atoms. The van der Waals surface area contributed by atoms with E-state index in [-0.39, 0.29) is 13.0 Å². The second-order valence-corrected chi connectivity index (χ2v) is 6.93. The summed E-state index contributed by atoms with van der Waals surface area (Å²) in [6.45, 7) is 2.10. The van der Waals surface area contributed by atoms with Crippen LogP contribution in [0.1, 0.15) is 28.7 Å². The maximum atomic E-state index is 12.1. The van der Waals surface area contributed by atoms with Gasteiger partial charge in [-0.05, 0) is 36.8 Å². The van der Waals surface area contributed by atoms with E-state index < -0.39 is 11.8 Å². The number of para-hydroxylation sites is 2. The Morgan fingerprint density at radius 2 is 1.72 bits per heavy atom. The number of nitrogens with one attached hydrogen (secondary N) is 2. The van der Waals surface area contributed by atoms with Crippen LogP contribution in [0.3, 0.4) is 0 Å². The van der Waals surface area contributed by atoms with E-state index in [1.54, 1.807) is 30.3 Å². The van der Waals surface area contributed by atoms with Crippen LogP contribution in [-0.4, -0.2) is 18.0 Å². The molecule has 32 heavy (non-hydrogen) atoms. The van der Waals surface area contributed by atoms with Gasteiger partial charge in [0.15, 0.2) is 0 Å². The first-order valence-electron chi connectivity index (χ1n) is 9.94. The van der Waals surface area contributed by atoms with Crippen LogP contribution in [0.4, 0.5) is 5.69 Å². The Morgan fingerprint density at radius 1 is 1.00 bits per heavy atom. The summed E-state index contributed by atoms with van der Waals surface area (Å²) in [6.07, 6.45) is 1.09. The Balaban J connectivity index is 1.55. The molecular weight excluding hydrogens is 404 g/mol. The maximum Gasteiger partial charge on any atom is 0.249 e. The topological polar surface area (TPSA) is 104 Å². The van der Waals surface area contributed by atoms with Crippen LogP contribution in [0.2, 0.25) is 0 Å². The van der Waals surface area contributed by atoms with Gasteiger partial charge in [-0.3, -0.25) is 9.59 Å². The molecule has 7 nitrogen and oxygen atoms in total. The summed E-state index contributed by atoms with van der Waals surface area (Å²) in [5.41, 5.74) is 5.90. The first kappa shape index (κ1) is 22.2. The minimum absolute atomic E-state index is 0.222. The lowest BCUT2D eigenvalue weighted by atomic mass is 10.1. The summed E-state index contributed by atoms with van der Waals surface area (Å²) < 4.78 is 5.85. The molecule has 0 saturated heterocycles. The summed E-state index contributed by atoms with van der Waals surface area (Å²) >= 11 is 0. The third-order valence-electron chi connectivity index (χ3n) is 4.57. The number of hydrazone groups is 1. The Morgan fingerprint density at radius 3 is 2.53 bits per heavy atom. The number of anilines is 1. The first-order valence-corrected chi connectivity index (χ1v) is 9.94. The average molecular weight is 426 g/mol. The zero-order chi connectivity index (χ0) is 22.8. The average Bonchev–Trinajstić information content (AvgIpc) is 2.80. The smallest absolute Gasteiger partial charge is 0.249 e. The summed E-state index contributed by atoms with van der Waals surface area (Å²) in [5, 5.41) is 15.8. The normalized spacial score (nSPS) is 10.4. The number of benzene rings is 3. The highest BCUT2D eigenvalue weighted by molar-refractivity contribution is 6.04. The van der Waals surface area contributed by atoms with Crippen molar-refractivity contribution in [3.63, 3.8) is 0 Å². The van der Waals surface area contributed by atoms with E-state index in [2.05, 4.69) is 21.9 Å². The first-order chi connectivity index (χ1) is 15.6. The molecule has 0 radical (unpaired) electrons. The van der Waals surface area contributed by atoms with Gasteiger partial charge in [-0.2, -0.15) is 10.4 Å². The molecule has 7 heteroatoms. The molecule has 0 spiro atoms. The number of amides is 2. The van der Waals surface area contributed by atoms with Gasteiger partial charge >= 0.3 is 0 Å². The standard InChI is InChI=1S/C25H22N4O3/c1-18-8-2-6-12-22(18)28-24(30)14-25(31)29-27-16-20-10-5-7-13-23(20)32-17-21-11-4-3-9-19(21)15-26/h2-13,16H,14,17H2,1H3,(H,28,30)(H,29,31). The number of carbonyl (C=O) groups excluding carboxylic acids is 2. The second kappa shape index (κ2) is 11.1. The largest absolute Gasteiger partial charge is 0.488 e. The lowest BCUT2D eigenvalue weighted by Crippen LogP contribution is -2.24. The van der Waals surface area contributed by atoms with Crippen LogP contribution >= 0.6 is 0 Å². The van der Waals surface area contributed by atoms with Crippen molar-refractivity contribution >= 4 is 23.7 Å². The van der Waals surface area contributed by atoms with Gasteiger partial charge in [-0.15, -0.1) is 0 Å². The van der Waals surface area contributed by atoms with E-state index in [0.717, 1.165) is 11.1 Å². The Kier molecular flexibility index (Phi) is 7.71. The van der Waals surface area contributed by atoms with E-state index in [0.29, 0.717) is 22.6 Å². The third-order valence-corrected chi connectivity index (χ3v) is 4.57. The number of nitrogens with zero attached hydrogens (tertiary/aromatic N) is 2. The van der Waals surface area contributed by atoms with Gasteiger partial charge in [0.25, 0.3) is 0 Å². The summed E-state index contributed by atoms with van der Waals surface area (Å²) in [6, 6.07) is 23.9. The lowest BCUT2D eigenvalue weighted by Gasteiger charge is -2.10. The van der Waals surface area contributed by atoms with Crippen molar-refractivity contribution in [2.75, 3.05) is 5.32 Å². The van der Waals surface area contributed by atoms with Crippen LogP contribution in [0.15, 0.2) is 77.9 Å². The van der Waals surface area contributed by atoms with Gasteiger partial charge in [-0.25, -0.2) is 5.43 Å². The number of rotatable bonds is 8. The molecule has 0 saturated carbocycles. The quantitative estimate of drug-likeness (QED) is 0.324. The number of ether oxygens (including phenoxy) is 1. The molecule has 3 aromatic carbocycles. The lowest BCUT2D eigenvalue weighted by molar-refractivity contribution is -0.126. The van der Waals surface area contributed by atoms with E-state index in [9.17, 15) is 14.9 Å². The fraction of sp³-hybridized carbons (Fsp3) is 0.120. The Hall–Kier alpha value is -4.44. The molecule has 0 fully saturated rings. The molecule has 0 aliphatic rings. The number of aryl methyl sites for hydroxylation is 1. The molecule has 0 atom stereocenters. The predicted molar refractivity (Wildman–Crippen MR) is 122 cm³/mol. The SMILES string of the molecule is Cc1ccccc1NC(=O)CC(=O)NN=Cc1ccccc1OCc1ccccc1C#N. The number of hydrogen-bond acceptors (Lipinski definition) is 5. The molecule has 3 rings (SSSR count). The van der Waals surface area contributed by atoms with Crippen LogP contribution in [0.25, 0.3) is 0 Å². The molecule has 0 unspecified atom stereocenters. The van der Waals surface area contributed by atoms with E-state index in [4.69, 9.17) is 4.74 Å². The van der Waals surface area contributed by atoms with Crippen molar-refractivity contribution in [3.05, 3.63) is 95.1 Å². The van der Waals surface area contributed by atoms with Crippen molar-refractivity contribution in [1.29, 1.82) is 5.26 Å². The monoisotopic (exact) mass is 426 g/mol. The van der Waals surface area contributed by atoms with Crippen molar-refractivity contribution in [3.8, 4) is 11.8 Å². The highest BCUT2D eigenvalue weighted by atomic mass is 16.5. The Bertz CT molecular complexity index is 1180. The van der Waals surface area contributed by atoms with Crippen molar-refractivity contribution in [1.82, 2.24) is 5.43 Å². The van der Waals surface area contributed by atoms with Crippen molar-refractivity contribution in [2.45, 2.75) is 20.0 Å². The summed E-state index contributed by atoms with van der Waals surface area (Å²) in [4.78, 5) is 24.1. The fourth-order valence-corrected chi connectivity index (χ4v) is 2.90. The van der Waals surface area contributed by atoms with E-state index in [1.807, 2.05) is 49.4 Å². The highest BCUT2D eigenvalue weighted by Gasteiger charge is 2.10. The predicted octanol–water partition coefficient (Wildman–Crippen LogP) is 3.92. The summed E-state index contributed by atoms with van der Waals surface area (Å²) in [5.74, 6) is -0.406. The number of nitriles is 1. The van der Waals surface area contributed by atoms with Crippen molar-refractivity contribution < 1.29 is 14.3 Å². The molecule has 160 valence electrons. The van der Waals surface area contributed by atoms with Crippen molar-refractivity contribution in [2.24, 2.45) is 5.10 Å². The second-order valence-electron chi connectivity index (χ2n) is 6.93. The highest BCUT2D eigenvalue weighted by Crippen LogP contribution is 2.19. The molecule has 0 aromatic heterocycles. The molecule has 0 aliphatic carbocycles. The fourth-order valence-electron chi connectivity index (χ4n) is 2.90. The van der Waals surface area contributed by atoms with Crippen LogP contribution in [0, 0.1) is 18.3 Å². The van der Waals surface area contributed by atoms with Gasteiger partial charge < -0.3 is 10.1 Å². The molecule has 2 amide bonds. The van der Waals surface area contributed by atoms with Gasteiger partial charge in [-0.1, -0.05) is 48.5 Å². The molecule has 0 heterocycles. The van der Waals surface area contributed by atoms with Gasteiger partial charge in [0, 0.05) is 16.8 Å². The molecule has 3 aromatic rings. The zero-order valence-corrected chi connectivity index (χ0v) is 17.5. The summed E-state index contributed by atoms with van der Waals surface area (Å²) in [7, 11) is 0. The van der Waals surface area contributed by atoms with E-state index in [1.165, 1.54) is 6.21 Å². The van der Waals surface area contributed by atoms with Gasteiger partial charge in [0.05, 0.1) is 17.8 Å². The van der Waals surface area contributed by atoms with Crippen LogP contribution in [0.5, 0.6) is 5.75 Å².